The van der Waals surface area contributed by atoms with E-state index in [9.17, 15) is 0 Å². The Labute approximate surface area is 226 Å². The van der Waals surface area contributed by atoms with Crippen molar-refractivity contribution in [3.05, 3.63) is 125 Å². The zero-order valence-electron chi connectivity index (χ0n) is 18.4. The van der Waals surface area contributed by atoms with Crippen LogP contribution in [0.1, 0.15) is 30.9 Å². The first kappa shape index (κ1) is 25.5. The zero-order valence-corrected chi connectivity index (χ0v) is 22.4. The predicted octanol–water partition coefficient (Wildman–Crippen LogP) is 1.38. The maximum absolute atomic E-state index is 3.70. The van der Waals surface area contributed by atoms with E-state index in [0.29, 0.717) is 0 Å². The van der Waals surface area contributed by atoms with E-state index in [1.165, 1.54) is 55.7 Å². The predicted molar refractivity (Wildman–Crippen MR) is 125 cm³/mol. The molecule has 1 atom stereocenters. The van der Waals surface area contributed by atoms with Crippen LogP contribution in [0.25, 0.3) is 27.8 Å². The zero-order chi connectivity index (χ0) is 20.2. The monoisotopic (exact) mass is 544 g/mol. The number of hydrogen-bond acceptors (Lipinski definition) is 0. The van der Waals surface area contributed by atoms with Gasteiger partial charge in [-0.3, -0.25) is 0 Å². The molecular weight excluding hydrogens is 524 g/mol. The molecule has 1 nitrogen and oxygen atoms in total. The summed E-state index contributed by atoms with van der Waals surface area (Å²) < 4.78 is 2.44. The van der Waals surface area contributed by atoms with Gasteiger partial charge in [-0.25, -0.2) is 0 Å². The summed E-state index contributed by atoms with van der Waals surface area (Å²) in [6, 6.07) is 28.4. The van der Waals surface area contributed by atoms with Crippen LogP contribution < -0.4 is 24.8 Å². The summed E-state index contributed by atoms with van der Waals surface area (Å²) in [6.45, 7) is 4.32. The van der Waals surface area contributed by atoms with Crippen molar-refractivity contribution in [1.82, 2.24) is 4.57 Å². The summed E-state index contributed by atoms with van der Waals surface area (Å²) in [5, 5.41) is 1.32. The fourth-order valence-electron chi connectivity index (χ4n) is 4.98. The molecule has 6 rings (SSSR count). The molecule has 0 saturated heterocycles. The second kappa shape index (κ2) is 10.0. The molecule has 0 N–H and O–H groups in total. The summed E-state index contributed by atoms with van der Waals surface area (Å²) in [6.07, 6.45) is 8.17. The van der Waals surface area contributed by atoms with Crippen LogP contribution >= 0.6 is 0 Å². The minimum atomic E-state index is 0. The van der Waals surface area contributed by atoms with Gasteiger partial charge in [0.15, 0.2) is 0 Å². The second-order valence-corrected chi connectivity index (χ2v) is 8.30. The average molecular weight is 547 g/mol. The Bertz CT molecular complexity index is 1410. The number of fused-ring (bicyclic) bond motifs is 5. The van der Waals surface area contributed by atoms with Gasteiger partial charge < -0.3 is 29.4 Å². The van der Waals surface area contributed by atoms with Gasteiger partial charge in [-0.05, 0) is 29.3 Å². The number of hydrogen-bond donors (Lipinski definition) is 0. The Hall–Kier alpha value is -2.12. The summed E-state index contributed by atoms with van der Waals surface area (Å²) >= 11 is 0. The van der Waals surface area contributed by atoms with E-state index in [1.54, 1.807) is 0 Å². The van der Waals surface area contributed by atoms with Crippen molar-refractivity contribution < 1.29 is 51.0 Å². The number of nitrogens with zero attached hydrogens (tertiary/aromatic N) is 1. The minimum absolute atomic E-state index is 0. The Morgan fingerprint density at radius 3 is 2.18 bits per heavy atom. The molecule has 0 aliphatic heterocycles. The second-order valence-electron chi connectivity index (χ2n) is 8.30. The molecule has 33 heavy (non-hydrogen) atoms. The van der Waals surface area contributed by atoms with Gasteiger partial charge in [0.25, 0.3) is 0 Å². The molecule has 4 heteroatoms. The van der Waals surface area contributed by atoms with Crippen molar-refractivity contribution in [2.75, 3.05) is 0 Å². The third-order valence-electron chi connectivity index (χ3n) is 6.30. The fraction of sp³-hybridized carbons (Fsp3) is 0.103. The first-order valence-electron chi connectivity index (χ1n) is 10.5. The number of halogens is 2. The molecule has 2 aliphatic carbocycles. The quantitative estimate of drug-likeness (QED) is 0.335. The van der Waals surface area contributed by atoms with Gasteiger partial charge in [0.05, 0.1) is 11.2 Å². The molecule has 161 valence electrons. The molecule has 1 heterocycles. The maximum Gasteiger partial charge on any atom is 3.00 e. The van der Waals surface area contributed by atoms with Gasteiger partial charge in [0.2, 0.25) is 0 Å². The molecule has 0 fully saturated rings. The van der Waals surface area contributed by atoms with Crippen molar-refractivity contribution in [3.63, 3.8) is 0 Å². The van der Waals surface area contributed by atoms with Gasteiger partial charge in [0.1, 0.15) is 0 Å². The van der Waals surface area contributed by atoms with E-state index in [2.05, 4.69) is 116 Å². The first-order valence-corrected chi connectivity index (χ1v) is 10.5. The molecule has 0 spiro atoms. The molecule has 4 aromatic rings. The van der Waals surface area contributed by atoms with Crippen LogP contribution in [-0.4, -0.2) is 4.57 Å². The van der Waals surface area contributed by atoms with Gasteiger partial charge in [-0.2, -0.15) is 17.7 Å². The van der Waals surface area contributed by atoms with Crippen molar-refractivity contribution >= 4 is 10.9 Å². The molecule has 1 radical (unpaired) electrons. The number of rotatable bonds is 2. The number of benzene rings is 3. The first-order chi connectivity index (χ1) is 14.7. The van der Waals surface area contributed by atoms with Crippen LogP contribution in [0.15, 0.2) is 108 Å². The van der Waals surface area contributed by atoms with Gasteiger partial charge >= 0.3 is 26.2 Å². The SMILES string of the molecule is CC(C)=C1[C-]=C(C2c3ccccc3-c3c2c2ccccc2n3-c2ccccc2)C=C1.[Cl-].[Cl-].[Zr+3]. The summed E-state index contributed by atoms with van der Waals surface area (Å²) in [5.74, 6) is 0.208. The number of allylic oxidation sites excluding steroid dienone is 6. The van der Waals surface area contributed by atoms with E-state index >= 15 is 0 Å². The van der Waals surface area contributed by atoms with E-state index in [4.69, 9.17) is 0 Å². The van der Waals surface area contributed by atoms with Crippen LogP contribution in [0.4, 0.5) is 0 Å². The van der Waals surface area contributed by atoms with Crippen LogP contribution in [-0.2, 0) is 26.2 Å². The van der Waals surface area contributed by atoms with Crippen LogP contribution in [0, 0.1) is 6.08 Å². The third-order valence-corrected chi connectivity index (χ3v) is 6.30. The molecule has 1 aromatic heterocycles. The Morgan fingerprint density at radius 1 is 0.788 bits per heavy atom. The van der Waals surface area contributed by atoms with E-state index in [0.717, 1.165) is 0 Å². The Balaban J connectivity index is 0.00000102. The Morgan fingerprint density at radius 2 is 1.45 bits per heavy atom. The van der Waals surface area contributed by atoms with E-state index in [1.807, 2.05) is 0 Å². The molecule has 0 amide bonds. The van der Waals surface area contributed by atoms with Gasteiger partial charge in [-0.1, -0.05) is 74.5 Å². The normalized spacial score (nSPS) is 15.2. The summed E-state index contributed by atoms with van der Waals surface area (Å²) in [4.78, 5) is 0. The van der Waals surface area contributed by atoms with E-state index in [-0.39, 0.29) is 56.9 Å². The third kappa shape index (κ3) is 3.93. The number of aromatic nitrogens is 1. The van der Waals surface area contributed by atoms with Crippen molar-refractivity contribution in [2.45, 2.75) is 19.8 Å². The smallest absolute Gasteiger partial charge is 1.00 e. The van der Waals surface area contributed by atoms with Gasteiger partial charge in [0, 0.05) is 22.6 Å². The van der Waals surface area contributed by atoms with E-state index < -0.39 is 0 Å². The molecule has 0 saturated carbocycles. The fourth-order valence-corrected chi connectivity index (χ4v) is 4.98. The van der Waals surface area contributed by atoms with Crippen molar-refractivity contribution in [1.29, 1.82) is 0 Å². The summed E-state index contributed by atoms with van der Waals surface area (Å²) in [5.41, 5.74) is 11.7. The summed E-state index contributed by atoms with van der Waals surface area (Å²) in [7, 11) is 0. The van der Waals surface area contributed by atoms with Crippen LogP contribution in [0.3, 0.4) is 0 Å². The molecule has 1 unspecified atom stereocenters. The minimum Gasteiger partial charge on any atom is -1.00 e. The topological polar surface area (TPSA) is 4.93 Å². The molecule has 2 aliphatic rings. The maximum atomic E-state index is 3.70. The van der Waals surface area contributed by atoms with Crippen LogP contribution in [0.5, 0.6) is 0 Å². The Kier molecular flexibility index (Phi) is 7.74. The molecule has 0 bridgehead atoms. The molecule has 3 aromatic carbocycles. The standard InChI is InChI=1S/C29H22N.2ClH.Zr/c1-19(2)20-16-17-21(18-20)27-23-12-6-7-13-24(23)29-28(27)25-14-8-9-15-26(25)30(29)22-10-4-3-5-11-22;;;/h3-17,27H,1-2H3;2*1H;/q-1;;;+3/p-2. The average Bonchev–Trinajstić information content (AvgIpc) is 3.47. The van der Waals surface area contributed by atoms with Crippen LogP contribution in [0.2, 0.25) is 0 Å². The molecular formula is C29H22Cl2NZr. The van der Waals surface area contributed by atoms with Crippen molar-refractivity contribution in [2.24, 2.45) is 0 Å². The number of para-hydroxylation sites is 2. The van der Waals surface area contributed by atoms with Gasteiger partial charge in [-0.15, -0.1) is 17.2 Å². The van der Waals surface area contributed by atoms with Crippen molar-refractivity contribution in [3.8, 4) is 16.9 Å². The largest absolute Gasteiger partial charge is 3.00 e.